The van der Waals surface area contributed by atoms with Gasteiger partial charge in [0.25, 0.3) is 0 Å². The highest BCUT2D eigenvalue weighted by atomic mass is 32.2. The van der Waals surface area contributed by atoms with E-state index in [0.717, 1.165) is 31.7 Å². The van der Waals surface area contributed by atoms with E-state index in [1.807, 2.05) is 0 Å². The van der Waals surface area contributed by atoms with Crippen LogP contribution in [0.3, 0.4) is 0 Å². The van der Waals surface area contributed by atoms with E-state index < -0.39 is 10.8 Å². The molecule has 1 N–H and O–H groups in total. The van der Waals surface area contributed by atoms with Crippen LogP contribution in [0.15, 0.2) is 0 Å². The van der Waals surface area contributed by atoms with Crippen LogP contribution in [0.4, 0.5) is 0 Å². The van der Waals surface area contributed by atoms with E-state index in [1.165, 1.54) is 32.1 Å². The second-order valence-electron chi connectivity index (χ2n) is 5.51. The molecule has 2 rings (SSSR count). The SMILES string of the molecule is CS(=O)CCNC1CCOC2(CCCCC2)C1. The molecule has 100 valence electrons. The number of hydrogen-bond acceptors (Lipinski definition) is 3. The Bertz CT molecular complexity index is 259. The van der Waals surface area contributed by atoms with Crippen LogP contribution < -0.4 is 5.32 Å². The molecule has 4 heteroatoms. The molecular formula is C13H25NO2S. The van der Waals surface area contributed by atoms with Crippen LogP contribution in [0.2, 0.25) is 0 Å². The van der Waals surface area contributed by atoms with Crippen LogP contribution in [-0.2, 0) is 15.5 Å². The molecule has 0 aromatic rings. The lowest BCUT2D eigenvalue weighted by Gasteiger charge is -2.43. The second kappa shape index (κ2) is 6.30. The Morgan fingerprint density at radius 2 is 2.12 bits per heavy atom. The van der Waals surface area contributed by atoms with Gasteiger partial charge in [0.1, 0.15) is 0 Å². The van der Waals surface area contributed by atoms with Crippen LogP contribution in [0.1, 0.15) is 44.9 Å². The molecule has 0 aromatic carbocycles. The van der Waals surface area contributed by atoms with E-state index in [1.54, 1.807) is 6.26 Å². The van der Waals surface area contributed by atoms with Gasteiger partial charge in [-0.2, -0.15) is 0 Å². The lowest BCUT2D eigenvalue weighted by Crippen LogP contribution is -2.48. The van der Waals surface area contributed by atoms with Gasteiger partial charge in [-0.1, -0.05) is 19.3 Å². The summed E-state index contributed by atoms with van der Waals surface area (Å²) in [5.41, 5.74) is 0.180. The van der Waals surface area contributed by atoms with Gasteiger partial charge in [-0.15, -0.1) is 0 Å². The minimum Gasteiger partial charge on any atom is -0.375 e. The number of hydrogen-bond donors (Lipinski definition) is 1. The Morgan fingerprint density at radius 1 is 1.35 bits per heavy atom. The summed E-state index contributed by atoms with van der Waals surface area (Å²) in [6, 6.07) is 0.574. The zero-order valence-corrected chi connectivity index (χ0v) is 11.7. The monoisotopic (exact) mass is 259 g/mol. The quantitative estimate of drug-likeness (QED) is 0.837. The fourth-order valence-corrected chi connectivity index (χ4v) is 3.56. The standard InChI is InChI=1S/C13H25NO2S/c1-17(15)10-8-14-12-5-9-16-13(11-12)6-3-2-4-7-13/h12,14H,2-11H2,1H3. The van der Waals surface area contributed by atoms with Crippen molar-refractivity contribution in [2.24, 2.45) is 0 Å². The summed E-state index contributed by atoms with van der Waals surface area (Å²) in [7, 11) is -0.677. The molecule has 1 heterocycles. The maximum atomic E-state index is 11.0. The Balaban J connectivity index is 1.77. The highest BCUT2D eigenvalue weighted by Gasteiger charge is 2.38. The topological polar surface area (TPSA) is 38.3 Å². The Morgan fingerprint density at radius 3 is 2.82 bits per heavy atom. The van der Waals surface area contributed by atoms with Gasteiger partial charge in [-0.3, -0.25) is 4.21 Å². The van der Waals surface area contributed by atoms with Crippen molar-refractivity contribution in [1.29, 1.82) is 0 Å². The minimum atomic E-state index is -0.677. The van der Waals surface area contributed by atoms with Crippen molar-refractivity contribution in [3.05, 3.63) is 0 Å². The van der Waals surface area contributed by atoms with E-state index in [9.17, 15) is 4.21 Å². The Hall–Kier alpha value is 0.0700. The second-order valence-corrected chi connectivity index (χ2v) is 7.07. The van der Waals surface area contributed by atoms with Crippen LogP contribution in [-0.4, -0.2) is 41.0 Å². The molecule has 1 saturated carbocycles. The zero-order chi connectivity index (χ0) is 12.1. The Labute approximate surface area is 107 Å². The zero-order valence-electron chi connectivity index (χ0n) is 10.9. The third-order valence-electron chi connectivity index (χ3n) is 4.08. The third-order valence-corrected chi connectivity index (χ3v) is 4.86. The first kappa shape index (κ1) is 13.5. The molecule has 2 atom stereocenters. The summed E-state index contributed by atoms with van der Waals surface area (Å²) in [6.45, 7) is 1.77. The fourth-order valence-electron chi connectivity index (χ4n) is 3.15. The molecule has 1 spiro atoms. The van der Waals surface area contributed by atoms with E-state index in [4.69, 9.17) is 4.74 Å². The third kappa shape index (κ3) is 4.04. The van der Waals surface area contributed by atoms with Gasteiger partial charge in [0.05, 0.1) is 5.60 Å². The van der Waals surface area contributed by atoms with Gasteiger partial charge in [0.15, 0.2) is 0 Å². The molecule has 0 amide bonds. The maximum absolute atomic E-state index is 11.0. The average molecular weight is 259 g/mol. The van der Waals surface area contributed by atoms with Crippen molar-refractivity contribution in [3.63, 3.8) is 0 Å². The summed E-state index contributed by atoms with van der Waals surface area (Å²) in [4.78, 5) is 0. The van der Waals surface area contributed by atoms with Crippen molar-refractivity contribution >= 4 is 10.8 Å². The van der Waals surface area contributed by atoms with E-state index in [2.05, 4.69) is 5.32 Å². The van der Waals surface area contributed by atoms with Crippen molar-refractivity contribution in [2.75, 3.05) is 25.2 Å². The molecule has 1 aliphatic heterocycles. The first-order valence-electron chi connectivity index (χ1n) is 6.88. The minimum absolute atomic E-state index is 0.180. The number of nitrogens with one attached hydrogen (secondary N) is 1. The van der Waals surface area contributed by atoms with Gasteiger partial charge in [-0.25, -0.2) is 0 Å². The largest absolute Gasteiger partial charge is 0.375 e. The summed E-state index contributed by atoms with van der Waals surface area (Å²) < 4.78 is 17.1. The van der Waals surface area contributed by atoms with Gasteiger partial charge in [-0.05, 0) is 25.7 Å². The molecule has 0 aromatic heterocycles. The predicted octanol–water partition coefficient (Wildman–Crippen LogP) is 1.84. The molecule has 2 aliphatic rings. The lowest BCUT2D eigenvalue weighted by molar-refractivity contribution is -0.108. The van der Waals surface area contributed by atoms with E-state index in [-0.39, 0.29) is 5.60 Å². The molecule has 2 fully saturated rings. The van der Waals surface area contributed by atoms with Gasteiger partial charge in [0, 0.05) is 42.0 Å². The molecule has 0 radical (unpaired) electrons. The summed E-state index contributed by atoms with van der Waals surface area (Å²) in [5.74, 6) is 0.768. The van der Waals surface area contributed by atoms with E-state index in [0.29, 0.717) is 6.04 Å². The first-order valence-corrected chi connectivity index (χ1v) is 8.60. The normalized spacial score (nSPS) is 30.3. The van der Waals surface area contributed by atoms with Gasteiger partial charge in [0.2, 0.25) is 0 Å². The first-order chi connectivity index (χ1) is 8.20. The molecular weight excluding hydrogens is 234 g/mol. The summed E-state index contributed by atoms with van der Waals surface area (Å²) >= 11 is 0. The molecule has 3 nitrogen and oxygen atoms in total. The average Bonchev–Trinajstić information content (AvgIpc) is 2.29. The van der Waals surface area contributed by atoms with Crippen molar-refractivity contribution in [1.82, 2.24) is 5.32 Å². The fraction of sp³-hybridized carbons (Fsp3) is 1.00. The summed E-state index contributed by atoms with van der Waals surface area (Å²) in [6.07, 6.45) is 10.5. The Kier molecular flexibility index (Phi) is 5.00. The molecule has 1 aliphatic carbocycles. The van der Waals surface area contributed by atoms with Crippen molar-refractivity contribution in [3.8, 4) is 0 Å². The van der Waals surface area contributed by atoms with Gasteiger partial charge >= 0.3 is 0 Å². The molecule has 0 bridgehead atoms. The summed E-state index contributed by atoms with van der Waals surface area (Å²) in [5, 5.41) is 3.55. The highest BCUT2D eigenvalue weighted by molar-refractivity contribution is 7.84. The molecule has 2 unspecified atom stereocenters. The molecule has 1 saturated heterocycles. The van der Waals surface area contributed by atoms with Crippen LogP contribution in [0.5, 0.6) is 0 Å². The highest BCUT2D eigenvalue weighted by Crippen LogP contribution is 2.38. The van der Waals surface area contributed by atoms with Crippen LogP contribution in [0.25, 0.3) is 0 Å². The maximum Gasteiger partial charge on any atom is 0.0697 e. The molecule has 17 heavy (non-hydrogen) atoms. The lowest BCUT2D eigenvalue weighted by atomic mass is 9.78. The van der Waals surface area contributed by atoms with Crippen LogP contribution >= 0.6 is 0 Å². The van der Waals surface area contributed by atoms with E-state index >= 15 is 0 Å². The van der Waals surface area contributed by atoms with Crippen LogP contribution in [0, 0.1) is 0 Å². The van der Waals surface area contributed by atoms with Gasteiger partial charge < -0.3 is 10.1 Å². The van der Waals surface area contributed by atoms with Crippen molar-refractivity contribution in [2.45, 2.75) is 56.6 Å². The van der Waals surface area contributed by atoms with Crippen molar-refractivity contribution < 1.29 is 8.95 Å². The number of ether oxygens (including phenoxy) is 1. The predicted molar refractivity (Wildman–Crippen MR) is 71.7 cm³/mol. The number of rotatable bonds is 4. The smallest absolute Gasteiger partial charge is 0.0697 e.